The molecule has 1 aliphatic rings. The maximum atomic E-state index is 14.2. The third-order valence-corrected chi connectivity index (χ3v) is 6.94. The summed E-state index contributed by atoms with van der Waals surface area (Å²) in [5.41, 5.74) is 6.36. The molecular formula is C31H30FN3O. The number of amides is 1. The molecular weight excluding hydrogens is 449 g/mol. The topological polar surface area (TPSA) is 36.4 Å². The van der Waals surface area contributed by atoms with Crippen LogP contribution in [-0.4, -0.2) is 53.4 Å². The SMILES string of the molecule is Cc1ccc(-c2cc(C(=O)N3CCN(CC=Cc4ccccc4)CC3)c3cc(F)ccc3n2)cc1C. The van der Waals surface area contributed by atoms with E-state index in [2.05, 4.69) is 55.2 Å². The second-order valence-corrected chi connectivity index (χ2v) is 9.42. The third kappa shape index (κ3) is 5.21. The van der Waals surface area contributed by atoms with Gasteiger partial charge in [0.1, 0.15) is 5.82 Å². The summed E-state index contributed by atoms with van der Waals surface area (Å²) in [6.07, 6.45) is 4.30. The molecule has 182 valence electrons. The van der Waals surface area contributed by atoms with Crippen molar-refractivity contribution in [1.82, 2.24) is 14.8 Å². The number of halogens is 1. The molecule has 3 aromatic carbocycles. The first-order chi connectivity index (χ1) is 17.5. The predicted molar refractivity (Wildman–Crippen MR) is 144 cm³/mol. The maximum Gasteiger partial charge on any atom is 0.254 e. The summed E-state index contributed by atoms with van der Waals surface area (Å²) < 4.78 is 14.2. The Balaban J connectivity index is 1.36. The molecule has 1 aromatic heterocycles. The highest BCUT2D eigenvalue weighted by molar-refractivity contribution is 6.07. The van der Waals surface area contributed by atoms with Gasteiger partial charge in [-0.2, -0.15) is 0 Å². The van der Waals surface area contributed by atoms with Crippen molar-refractivity contribution in [2.45, 2.75) is 13.8 Å². The van der Waals surface area contributed by atoms with Gasteiger partial charge >= 0.3 is 0 Å². The molecule has 5 rings (SSSR count). The summed E-state index contributed by atoms with van der Waals surface area (Å²) in [6, 6.07) is 22.7. The van der Waals surface area contributed by atoms with E-state index in [-0.39, 0.29) is 11.7 Å². The largest absolute Gasteiger partial charge is 0.336 e. The summed E-state index contributed by atoms with van der Waals surface area (Å²) >= 11 is 0. The van der Waals surface area contributed by atoms with Crippen LogP contribution < -0.4 is 0 Å². The first-order valence-corrected chi connectivity index (χ1v) is 12.4. The quantitative estimate of drug-likeness (QED) is 0.346. The van der Waals surface area contributed by atoms with E-state index in [4.69, 9.17) is 4.98 Å². The molecule has 0 N–H and O–H groups in total. The number of hydrogen-bond donors (Lipinski definition) is 0. The minimum Gasteiger partial charge on any atom is -0.336 e. The van der Waals surface area contributed by atoms with Crippen LogP contribution in [-0.2, 0) is 0 Å². The maximum absolute atomic E-state index is 14.2. The van der Waals surface area contributed by atoms with Crippen LogP contribution >= 0.6 is 0 Å². The molecule has 0 atom stereocenters. The highest BCUT2D eigenvalue weighted by Gasteiger charge is 2.24. The Bertz CT molecular complexity index is 1420. The van der Waals surface area contributed by atoms with Gasteiger partial charge in [-0.25, -0.2) is 9.37 Å². The lowest BCUT2D eigenvalue weighted by Crippen LogP contribution is -2.48. The van der Waals surface area contributed by atoms with E-state index in [9.17, 15) is 9.18 Å². The van der Waals surface area contributed by atoms with Gasteiger partial charge in [-0.1, -0.05) is 54.6 Å². The zero-order valence-corrected chi connectivity index (χ0v) is 20.7. The van der Waals surface area contributed by atoms with Crippen LogP contribution in [0.5, 0.6) is 0 Å². The average Bonchev–Trinajstić information content (AvgIpc) is 2.90. The Morgan fingerprint density at radius 1 is 0.917 bits per heavy atom. The van der Waals surface area contributed by atoms with Crippen LogP contribution in [0, 0.1) is 19.7 Å². The molecule has 0 bridgehead atoms. The summed E-state index contributed by atoms with van der Waals surface area (Å²) in [4.78, 5) is 22.7. The fourth-order valence-corrected chi connectivity index (χ4v) is 4.63. The molecule has 36 heavy (non-hydrogen) atoms. The first kappa shape index (κ1) is 23.9. The van der Waals surface area contributed by atoms with E-state index in [1.165, 1.54) is 28.8 Å². The fourth-order valence-electron chi connectivity index (χ4n) is 4.63. The normalized spacial score (nSPS) is 14.6. The van der Waals surface area contributed by atoms with Gasteiger partial charge in [0.2, 0.25) is 0 Å². The molecule has 0 aliphatic carbocycles. The fraction of sp³-hybridized carbons (Fsp3) is 0.226. The number of carbonyl (C=O) groups excluding carboxylic acids is 1. The van der Waals surface area contributed by atoms with Crippen molar-refractivity contribution in [2.24, 2.45) is 0 Å². The number of piperazine rings is 1. The smallest absolute Gasteiger partial charge is 0.254 e. The average molecular weight is 480 g/mol. The van der Waals surface area contributed by atoms with Crippen LogP contribution in [0.3, 0.4) is 0 Å². The molecule has 0 spiro atoms. The monoisotopic (exact) mass is 479 g/mol. The van der Waals surface area contributed by atoms with Gasteiger partial charge in [0.25, 0.3) is 5.91 Å². The summed E-state index contributed by atoms with van der Waals surface area (Å²) in [7, 11) is 0. The van der Waals surface area contributed by atoms with Crippen molar-refractivity contribution in [2.75, 3.05) is 32.7 Å². The van der Waals surface area contributed by atoms with E-state index in [1.54, 1.807) is 6.07 Å². The molecule has 4 nitrogen and oxygen atoms in total. The van der Waals surface area contributed by atoms with Crippen molar-refractivity contribution in [3.63, 3.8) is 0 Å². The number of rotatable bonds is 5. The molecule has 4 aromatic rings. The van der Waals surface area contributed by atoms with Crippen molar-refractivity contribution >= 4 is 22.9 Å². The molecule has 1 amide bonds. The highest BCUT2D eigenvalue weighted by Crippen LogP contribution is 2.28. The highest BCUT2D eigenvalue weighted by atomic mass is 19.1. The molecule has 1 saturated heterocycles. The van der Waals surface area contributed by atoms with Crippen molar-refractivity contribution in [1.29, 1.82) is 0 Å². The predicted octanol–water partition coefficient (Wildman–Crippen LogP) is 6.13. The van der Waals surface area contributed by atoms with Crippen molar-refractivity contribution in [3.05, 3.63) is 107 Å². The van der Waals surface area contributed by atoms with Crippen LogP contribution in [0.1, 0.15) is 27.0 Å². The van der Waals surface area contributed by atoms with E-state index in [1.807, 2.05) is 35.2 Å². The van der Waals surface area contributed by atoms with E-state index < -0.39 is 0 Å². The van der Waals surface area contributed by atoms with Gasteiger partial charge in [-0.15, -0.1) is 0 Å². The second-order valence-electron chi connectivity index (χ2n) is 9.42. The van der Waals surface area contributed by atoms with Crippen LogP contribution in [0.15, 0.2) is 78.9 Å². The molecule has 1 fully saturated rings. The summed E-state index contributed by atoms with van der Waals surface area (Å²) in [5, 5.41) is 0.556. The summed E-state index contributed by atoms with van der Waals surface area (Å²) in [5.74, 6) is -0.440. The number of benzene rings is 3. The molecule has 1 aliphatic heterocycles. The van der Waals surface area contributed by atoms with Gasteiger partial charge in [-0.05, 0) is 60.9 Å². The first-order valence-electron chi connectivity index (χ1n) is 12.4. The number of hydrogen-bond acceptors (Lipinski definition) is 3. The van der Waals surface area contributed by atoms with Gasteiger partial charge < -0.3 is 4.90 Å². The Morgan fingerprint density at radius 2 is 1.69 bits per heavy atom. The molecule has 2 heterocycles. The lowest BCUT2D eigenvalue weighted by molar-refractivity contribution is 0.0652. The van der Waals surface area contributed by atoms with Gasteiger partial charge in [0, 0.05) is 43.7 Å². The lowest BCUT2D eigenvalue weighted by Gasteiger charge is -2.34. The standard InChI is InChI=1S/C31H30FN3O/c1-22-10-11-25(19-23(22)2)30-21-28(27-20-26(32)12-13-29(27)33-30)31(36)35-17-15-34(16-18-35)14-6-9-24-7-4-3-5-8-24/h3-13,19-21H,14-18H2,1-2H3. The van der Waals surface area contributed by atoms with Gasteiger partial charge in [0.05, 0.1) is 16.8 Å². The minimum atomic E-state index is -0.368. The summed E-state index contributed by atoms with van der Waals surface area (Å²) in [6.45, 7) is 7.85. The van der Waals surface area contributed by atoms with Crippen LogP contribution in [0.2, 0.25) is 0 Å². The molecule has 5 heteroatoms. The third-order valence-electron chi connectivity index (χ3n) is 6.94. The molecule has 0 unspecified atom stereocenters. The van der Waals surface area contributed by atoms with Crippen molar-refractivity contribution < 1.29 is 9.18 Å². The molecule has 0 radical (unpaired) electrons. The number of nitrogens with zero attached hydrogens (tertiary/aromatic N) is 3. The Kier molecular flexibility index (Phi) is 6.92. The van der Waals surface area contributed by atoms with Gasteiger partial charge in [-0.3, -0.25) is 9.69 Å². The van der Waals surface area contributed by atoms with E-state index >= 15 is 0 Å². The lowest BCUT2D eigenvalue weighted by atomic mass is 10.00. The van der Waals surface area contributed by atoms with Crippen LogP contribution in [0.4, 0.5) is 4.39 Å². The molecule has 0 saturated carbocycles. The Morgan fingerprint density at radius 3 is 2.44 bits per heavy atom. The van der Waals surface area contributed by atoms with E-state index in [0.717, 1.165) is 30.9 Å². The van der Waals surface area contributed by atoms with Gasteiger partial charge in [0.15, 0.2) is 0 Å². The number of aromatic nitrogens is 1. The Hall–Kier alpha value is -3.83. The zero-order valence-electron chi connectivity index (χ0n) is 20.7. The number of fused-ring (bicyclic) bond motifs is 1. The minimum absolute atomic E-state index is 0.0717. The number of carbonyl (C=O) groups is 1. The van der Waals surface area contributed by atoms with Crippen LogP contribution in [0.25, 0.3) is 28.2 Å². The second kappa shape index (κ2) is 10.4. The number of pyridine rings is 1. The zero-order chi connectivity index (χ0) is 25.1. The Labute approximate surface area is 211 Å². The van der Waals surface area contributed by atoms with E-state index in [0.29, 0.717) is 29.6 Å². The number of aryl methyl sites for hydroxylation is 2. The van der Waals surface area contributed by atoms with Crippen molar-refractivity contribution in [3.8, 4) is 11.3 Å².